The molecule has 0 bridgehead atoms. The lowest BCUT2D eigenvalue weighted by Crippen LogP contribution is -2.38. The van der Waals surface area contributed by atoms with E-state index in [1.807, 2.05) is 0 Å². The third kappa shape index (κ3) is 3.31. The van der Waals surface area contributed by atoms with Gasteiger partial charge in [-0.3, -0.25) is 19.7 Å². The minimum absolute atomic E-state index is 0.0404. The molecular formula is C13H14N2O5. The summed E-state index contributed by atoms with van der Waals surface area (Å²) in [6.07, 6.45) is 1.42. The molecule has 7 heteroatoms. The van der Waals surface area contributed by atoms with Crippen molar-refractivity contribution in [3.8, 4) is 0 Å². The summed E-state index contributed by atoms with van der Waals surface area (Å²) in [5, 5.41) is 19.7. The van der Waals surface area contributed by atoms with Crippen LogP contribution in [0.25, 0.3) is 0 Å². The van der Waals surface area contributed by atoms with Gasteiger partial charge in [0.2, 0.25) is 5.91 Å². The molecule has 1 fully saturated rings. The Kier molecular flexibility index (Phi) is 3.97. The Morgan fingerprint density at radius 1 is 1.35 bits per heavy atom. The van der Waals surface area contributed by atoms with E-state index in [-0.39, 0.29) is 30.6 Å². The van der Waals surface area contributed by atoms with E-state index in [0.29, 0.717) is 5.56 Å². The van der Waals surface area contributed by atoms with E-state index < -0.39 is 10.9 Å². The van der Waals surface area contributed by atoms with Crippen molar-refractivity contribution >= 4 is 17.6 Å². The molecule has 0 aliphatic heterocycles. The summed E-state index contributed by atoms with van der Waals surface area (Å²) in [7, 11) is 0. The Labute approximate surface area is 115 Å². The Bertz CT molecular complexity index is 553. The molecule has 0 atom stereocenters. The van der Waals surface area contributed by atoms with Crippen molar-refractivity contribution in [2.24, 2.45) is 0 Å². The molecule has 1 aliphatic carbocycles. The molecule has 7 nitrogen and oxygen atoms in total. The van der Waals surface area contributed by atoms with E-state index in [2.05, 4.69) is 0 Å². The smallest absolute Gasteiger partial charge is 0.323 e. The number of nitro benzene ring substituents is 1. The fourth-order valence-electron chi connectivity index (χ4n) is 2.06. The number of carboxylic acids is 1. The van der Waals surface area contributed by atoms with Gasteiger partial charge in [0.05, 0.1) is 11.3 Å². The number of para-hydroxylation sites is 1. The van der Waals surface area contributed by atoms with Crippen LogP contribution in [0.2, 0.25) is 0 Å². The maximum atomic E-state index is 12.1. The first kappa shape index (κ1) is 14.0. The summed E-state index contributed by atoms with van der Waals surface area (Å²) in [6, 6.07) is 5.96. The summed E-state index contributed by atoms with van der Waals surface area (Å²) in [6.45, 7) is -0.357. The Morgan fingerprint density at radius 2 is 2.00 bits per heavy atom. The summed E-state index contributed by atoms with van der Waals surface area (Å²) in [5.74, 6) is -1.46. The van der Waals surface area contributed by atoms with Crippen LogP contribution in [0.5, 0.6) is 0 Å². The normalized spacial score (nSPS) is 13.8. The van der Waals surface area contributed by atoms with E-state index >= 15 is 0 Å². The molecule has 0 heterocycles. The summed E-state index contributed by atoms with van der Waals surface area (Å²) >= 11 is 0. The van der Waals surface area contributed by atoms with Gasteiger partial charge < -0.3 is 10.0 Å². The Morgan fingerprint density at radius 3 is 2.55 bits per heavy atom. The molecule has 1 saturated carbocycles. The summed E-state index contributed by atoms with van der Waals surface area (Å²) in [5.41, 5.74) is 0.186. The highest BCUT2D eigenvalue weighted by Gasteiger charge is 2.34. The monoisotopic (exact) mass is 278 g/mol. The molecule has 0 aromatic heterocycles. The lowest BCUT2D eigenvalue weighted by atomic mass is 10.1. The van der Waals surface area contributed by atoms with E-state index in [1.54, 1.807) is 6.07 Å². The summed E-state index contributed by atoms with van der Waals surface area (Å²) in [4.78, 5) is 34.6. The van der Waals surface area contributed by atoms with Gasteiger partial charge in [0.15, 0.2) is 0 Å². The molecule has 0 saturated heterocycles. The lowest BCUT2D eigenvalue weighted by Gasteiger charge is -2.20. The zero-order valence-corrected chi connectivity index (χ0v) is 10.7. The summed E-state index contributed by atoms with van der Waals surface area (Å²) < 4.78 is 0. The van der Waals surface area contributed by atoms with Crippen molar-refractivity contribution in [1.29, 1.82) is 0 Å². The van der Waals surface area contributed by atoms with Crippen molar-refractivity contribution in [3.63, 3.8) is 0 Å². The van der Waals surface area contributed by atoms with E-state index in [0.717, 1.165) is 12.8 Å². The van der Waals surface area contributed by atoms with Crippen molar-refractivity contribution in [3.05, 3.63) is 39.9 Å². The quantitative estimate of drug-likeness (QED) is 0.622. The SMILES string of the molecule is O=C(O)CN(C(=O)Cc1ccccc1[N+](=O)[O-])C1CC1. The minimum Gasteiger partial charge on any atom is -0.480 e. The van der Waals surface area contributed by atoms with Crippen LogP contribution in [0.4, 0.5) is 5.69 Å². The number of benzene rings is 1. The van der Waals surface area contributed by atoms with Gasteiger partial charge >= 0.3 is 5.97 Å². The van der Waals surface area contributed by atoms with Gasteiger partial charge in [-0.2, -0.15) is 0 Å². The number of aliphatic carboxylic acids is 1. The van der Waals surface area contributed by atoms with Gasteiger partial charge in [0.25, 0.3) is 5.69 Å². The first-order chi connectivity index (χ1) is 9.49. The predicted octanol–water partition coefficient (Wildman–Crippen LogP) is 1.21. The molecule has 0 radical (unpaired) electrons. The fraction of sp³-hybridized carbons (Fsp3) is 0.385. The third-order valence-electron chi connectivity index (χ3n) is 3.14. The third-order valence-corrected chi connectivity index (χ3v) is 3.14. The van der Waals surface area contributed by atoms with Crippen molar-refractivity contribution in [2.75, 3.05) is 6.54 Å². The van der Waals surface area contributed by atoms with Crippen LogP contribution in [0.3, 0.4) is 0 Å². The molecule has 20 heavy (non-hydrogen) atoms. The molecule has 2 rings (SSSR count). The van der Waals surface area contributed by atoms with Gasteiger partial charge in [-0.05, 0) is 12.8 Å². The van der Waals surface area contributed by atoms with Crippen LogP contribution in [-0.2, 0) is 16.0 Å². The maximum Gasteiger partial charge on any atom is 0.323 e. The van der Waals surface area contributed by atoms with Crippen LogP contribution >= 0.6 is 0 Å². The maximum absolute atomic E-state index is 12.1. The standard InChI is InChI=1S/C13H14N2O5/c16-12(14(8-13(17)18)10-5-6-10)7-9-3-1-2-4-11(9)15(19)20/h1-4,10H,5-8H2,(H,17,18). The first-order valence-electron chi connectivity index (χ1n) is 6.22. The average Bonchev–Trinajstić information content (AvgIpc) is 3.20. The number of hydrogen-bond donors (Lipinski definition) is 1. The minimum atomic E-state index is -1.08. The highest BCUT2D eigenvalue weighted by atomic mass is 16.6. The fourth-order valence-corrected chi connectivity index (χ4v) is 2.06. The lowest BCUT2D eigenvalue weighted by molar-refractivity contribution is -0.385. The van der Waals surface area contributed by atoms with Crippen LogP contribution in [-0.4, -0.2) is 39.4 Å². The van der Waals surface area contributed by atoms with E-state index in [1.165, 1.54) is 23.1 Å². The number of carbonyl (C=O) groups is 2. The van der Waals surface area contributed by atoms with Crippen molar-refractivity contribution < 1.29 is 19.6 Å². The zero-order chi connectivity index (χ0) is 14.7. The average molecular weight is 278 g/mol. The number of rotatable bonds is 6. The van der Waals surface area contributed by atoms with Gasteiger partial charge in [0.1, 0.15) is 6.54 Å². The number of amides is 1. The molecule has 1 N–H and O–H groups in total. The molecule has 0 spiro atoms. The highest BCUT2D eigenvalue weighted by molar-refractivity contribution is 5.84. The molecule has 1 aromatic rings. The molecular weight excluding hydrogens is 264 g/mol. The number of carbonyl (C=O) groups excluding carboxylic acids is 1. The molecule has 0 unspecified atom stereocenters. The van der Waals surface area contributed by atoms with Gasteiger partial charge in [-0.1, -0.05) is 18.2 Å². The van der Waals surface area contributed by atoms with Crippen LogP contribution in [0, 0.1) is 10.1 Å². The predicted molar refractivity (Wildman–Crippen MR) is 69.2 cm³/mol. The largest absolute Gasteiger partial charge is 0.480 e. The van der Waals surface area contributed by atoms with Crippen molar-refractivity contribution in [1.82, 2.24) is 4.90 Å². The molecule has 1 amide bonds. The van der Waals surface area contributed by atoms with Gasteiger partial charge in [0, 0.05) is 17.7 Å². The molecule has 1 aliphatic rings. The molecule has 106 valence electrons. The first-order valence-corrected chi connectivity index (χ1v) is 6.22. The van der Waals surface area contributed by atoms with Crippen LogP contribution < -0.4 is 0 Å². The Balaban J connectivity index is 2.14. The van der Waals surface area contributed by atoms with Gasteiger partial charge in [-0.15, -0.1) is 0 Å². The highest BCUT2D eigenvalue weighted by Crippen LogP contribution is 2.28. The number of hydrogen-bond acceptors (Lipinski definition) is 4. The molecule has 1 aromatic carbocycles. The van der Waals surface area contributed by atoms with E-state index in [4.69, 9.17) is 5.11 Å². The van der Waals surface area contributed by atoms with Crippen LogP contribution in [0.15, 0.2) is 24.3 Å². The number of carboxylic acid groups (broad SMARTS) is 1. The number of nitro groups is 1. The second-order valence-electron chi connectivity index (χ2n) is 4.71. The Hall–Kier alpha value is -2.44. The second kappa shape index (κ2) is 5.68. The number of nitrogens with zero attached hydrogens (tertiary/aromatic N) is 2. The topological polar surface area (TPSA) is 101 Å². The van der Waals surface area contributed by atoms with Crippen molar-refractivity contribution in [2.45, 2.75) is 25.3 Å². The van der Waals surface area contributed by atoms with E-state index in [9.17, 15) is 19.7 Å². The van der Waals surface area contributed by atoms with Gasteiger partial charge in [-0.25, -0.2) is 0 Å². The van der Waals surface area contributed by atoms with Crippen LogP contribution in [0.1, 0.15) is 18.4 Å². The second-order valence-corrected chi connectivity index (χ2v) is 4.71. The zero-order valence-electron chi connectivity index (χ0n) is 10.7.